The molecule has 6 nitrogen and oxygen atoms in total. The maximum absolute atomic E-state index is 5.59. The fraction of sp³-hybridized carbons (Fsp3) is 0.231. The van der Waals surface area contributed by atoms with E-state index in [2.05, 4.69) is 143 Å². The molecule has 0 aliphatic carbocycles. The minimum absolute atomic E-state index is 0.644. The normalized spacial score (nSPS) is 11.8. The smallest absolute Gasteiger partial charge is 0.0206 e. The molecule has 4 aromatic carbocycles. The zero-order valence-corrected chi connectivity index (χ0v) is 26.2. The maximum atomic E-state index is 5.59. The van der Waals surface area contributed by atoms with Gasteiger partial charge in [0.05, 0.1) is 0 Å². The monoisotopic (exact) mass is 600 g/mol. The third-order valence-corrected chi connectivity index (χ3v) is 7.29. The van der Waals surface area contributed by atoms with Crippen LogP contribution in [0, 0.1) is 0 Å². The van der Waals surface area contributed by atoms with Crippen LogP contribution in [0.1, 0.15) is 50.1 Å². The van der Waals surface area contributed by atoms with Crippen LogP contribution in [0.2, 0.25) is 0 Å². The van der Waals surface area contributed by atoms with E-state index in [1.165, 1.54) is 16.7 Å². The molecular weight excluding hydrogens is 552 g/mol. The van der Waals surface area contributed by atoms with E-state index in [4.69, 9.17) is 17.2 Å². The lowest BCUT2D eigenvalue weighted by Gasteiger charge is -2.05. The van der Waals surface area contributed by atoms with Crippen LogP contribution in [-0.2, 0) is 19.6 Å². The minimum Gasteiger partial charge on any atom is -0.329 e. The standard InChI is InChI=1S/C39H48N6/c40-19-22-43-28-34-10-1-31(2-11-34)7-16-37-25-38(17-8-32-3-12-35(13-4-32)29-44-23-20-41)27-39(26-37)18-9-33-5-14-36(15-6-33)30-45-24-21-42/h1-18,25-27,43-45H,19-24,28-30,40-42H2/b16-7+,17-8+,18-9+. The quantitative estimate of drug-likeness (QED) is 0.0679. The summed E-state index contributed by atoms with van der Waals surface area (Å²) in [7, 11) is 0. The third kappa shape index (κ3) is 12.4. The molecule has 4 aromatic rings. The highest BCUT2D eigenvalue weighted by molar-refractivity contribution is 5.78. The Balaban J connectivity index is 1.51. The fourth-order valence-electron chi connectivity index (χ4n) is 4.81. The van der Waals surface area contributed by atoms with Gasteiger partial charge in [0.25, 0.3) is 0 Å². The Kier molecular flexibility index (Phi) is 14.5. The number of rotatable bonds is 18. The second-order valence-electron chi connectivity index (χ2n) is 11.1. The van der Waals surface area contributed by atoms with E-state index in [1.807, 2.05) is 0 Å². The van der Waals surface area contributed by atoms with E-state index in [1.54, 1.807) is 0 Å². The van der Waals surface area contributed by atoms with Gasteiger partial charge in [-0.15, -0.1) is 0 Å². The number of hydrogen-bond donors (Lipinski definition) is 6. The van der Waals surface area contributed by atoms with Crippen molar-refractivity contribution in [2.45, 2.75) is 19.6 Å². The number of hydrogen-bond acceptors (Lipinski definition) is 6. The van der Waals surface area contributed by atoms with Gasteiger partial charge in [-0.2, -0.15) is 0 Å². The van der Waals surface area contributed by atoms with E-state index in [-0.39, 0.29) is 0 Å². The lowest BCUT2D eigenvalue weighted by Crippen LogP contribution is -2.21. The van der Waals surface area contributed by atoms with E-state index in [0.29, 0.717) is 19.6 Å². The predicted octanol–water partition coefficient (Wildman–Crippen LogP) is 5.34. The summed E-state index contributed by atoms with van der Waals surface area (Å²) in [5, 5.41) is 10.0. The van der Waals surface area contributed by atoms with E-state index in [9.17, 15) is 0 Å². The molecule has 0 atom stereocenters. The Hall–Kier alpha value is -4.14. The van der Waals surface area contributed by atoms with Crippen LogP contribution in [0.5, 0.6) is 0 Å². The molecule has 0 fully saturated rings. The molecule has 0 radical (unpaired) electrons. The topological polar surface area (TPSA) is 114 Å². The van der Waals surface area contributed by atoms with Crippen LogP contribution in [-0.4, -0.2) is 39.3 Å². The van der Waals surface area contributed by atoms with Gasteiger partial charge < -0.3 is 33.2 Å². The first-order chi connectivity index (χ1) is 22.1. The van der Waals surface area contributed by atoms with Crippen molar-refractivity contribution in [3.63, 3.8) is 0 Å². The predicted molar refractivity (Wildman–Crippen MR) is 195 cm³/mol. The van der Waals surface area contributed by atoms with Crippen molar-refractivity contribution in [1.82, 2.24) is 16.0 Å². The van der Waals surface area contributed by atoms with Crippen molar-refractivity contribution in [3.8, 4) is 0 Å². The lowest BCUT2D eigenvalue weighted by atomic mass is 10.0. The SMILES string of the molecule is NCCNCc1ccc(/C=C/c2cc(/C=C/c3ccc(CNCCN)cc3)cc(/C=C/c3ccc(CNCCN)cc3)c2)cc1. The van der Waals surface area contributed by atoms with Crippen molar-refractivity contribution < 1.29 is 0 Å². The molecule has 9 N–H and O–H groups in total. The van der Waals surface area contributed by atoms with Crippen molar-refractivity contribution in [2.24, 2.45) is 17.2 Å². The summed E-state index contributed by atoms with van der Waals surface area (Å²) in [6.45, 7) is 6.87. The average molecular weight is 601 g/mol. The summed E-state index contributed by atoms with van der Waals surface area (Å²) in [5.41, 5.74) is 27.4. The van der Waals surface area contributed by atoms with E-state index < -0.39 is 0 Å². The molecule has 0 saturated carbocycles. The highest BCUT2D eigenvalue weighted by Gasteiger charge is 1.99. The van der Waals surface area contributed by atoms with Gasteiger partial charge >= 0.3 is 0 Å². The van der Waals surface area contributed by atoms with Crippen molar-refractivity contribution in [3.05, 3.63) is 141 Å². The number of nitrogens with one attached hydrogen (secondary N) is 3. The van der Waals surface area contributed by atoms with Crippen LogP contribution in [0.25, 0.3) is 36.5 Å². The van der Waals surface area contributed by atoms with Crippen LogP contribution >= 0.6 is 0 Å². The summed E-state index contributed by atoms with van der Waals surface area (Å²) in [6, 6.07) is 32.6. The summed E-state index contributed by atoms with van der Waals surface area (Å²) in [5.74, 6) is 0. The Morgan fingerprint density at radius 3 is 0.844 bits per heavy atom. The lowest BCUT2D eigenvalue weighted by molar-refractivity contribution is 0.695. The summed E-state index contributed by atoms with van der Waals surface area (Å²) in [4.78, 5) is 0. The van der Waals surface area contributed by atoms with Crippen LogP contribution in [0.15, 0.2) is 91.0 Å². The molecule has 0 saturated heterocycles. The Morgan fingerprint density at radius 1 is 0.356 bits per heavy atom. The minimum atomic E-state index is 0.644. The molecule has 0 aliphatic rings. The van der Waals surface area contributed by atoms with Gasteiger partial charge in [-0.3, -0.25) is 0 Å². The first-order valence-electron chi connectivity index (χ1n) is 15.8. The zero-order chi connectivity index (χ0) is 31.5. The van der Waals surface area contributed by atoms with E-state index >= 15 is 0 Å². The van der Waals surface area contributed by atoms with Gasteiger partial charge in [0, 0.05) is 58.9 Å². The molecule has 234 valence electrons. The van der Waals surface area contributed by atoms with Gasteiger partial charge in [0.2, 0.25) is 0 Å². The van der Waals surface area contributed by atoms with Crippen LogP contribution < -0.4 is 33.2 Å². The molecule has 0 amide bonds. The Labute approximate surface area is 269 Å². The number of nitrogens with two attached hydrogens (primary N) is 3. The molecule has 0 bridgehead atoms. The fourth-order valence-corrected chi connectivity index (χ4v) is 4.81. The molecular formula is C39H48N6. The van der Waals surface area contributed by atoms with Gasteiger partial charge in [0.15, 0.2) is 0 Å². The molecule has 0 aromatic heterocycles. The second-order valence-corrected chi connectivity index (χ2v) is 11.1. The maximum Gasteiger partial charge on any atom is 0.0206 e. The Morgan fingerprint density at radius 2 is 0.600 bits per heavy atom. The first-order valence-corrected chi connectivity index (χ1v) is 15.8. The second kappa shape index (κ2) is 19.3. The van der Waals surface area contributed by atoms with Gasteiger partial charge in [-0.25, -0.2) is 0 Å². The average Bonchev–Trinajstić information content (AvgIpc) is 3.07. The molecule has 45 heavy (non-hydrogen) atoms. The zero-order valence-electron chi connectivity index (χ0n) is 26.2. The van der Waals surface area contributed by atoms with Crippen molar-refractivity contribution in [1.29, 1.82) is 0 Å². The molecule has 0 unspecified atom stereocenters. The highest BCUT2D eigenvalue weighted by Crippen LogP contribution is 2.19. The summed E-state index contributed by atoms with van der Waals surface area (Å²) < 4.78 is 0. The molecule has 0 heterocycles. The molecule has 4 rings (SSSR count). The van der Waals surface area contributed by atoms with E-state index in [0.717, 1.165) is 72.6 Å². The van der Waals surface area contributed by atoms with Crippen molar-refractivity contribution in [2.75, 3.05) is 39.3 Å². The summed E-state index contributed by atoms with van der Waals surface area (Å²) >= 11 is 0. The van der Waals surface area contributed by atoms with Gasteiger partial charge in [0.1, 0.15) is 0 Å². The first kappa shape index (κ1) is 33.7. The molecule has 0 aliphatic heterocycles. The largest absolute Gasteiger partial charge is 0.329 e. The third-order valence-electron chi connectivity index (χ3n) is 7.29. The van der Waals surface area contributed by atoms with Crippen LogP contribution in [0.3, 0.4) is 0 Å². The number of benzene rings is 4. The molecule has 0 spiro atoms. The van der Waals surface area contributed by atoms with Gasteiger partial charge in [-0.1, -0.05) is 109 Å². The van der Waals surface area contributed by atoms with Gasteiger partial charge in [-0.05, 0) is 68.3 Å². The summed E-state index contributed by atoms with van der Waals surface area (Å²) in [6.07, 6.45) is 13.1. The molecule has 6 heteroatoms. The Bertz CT molecular complexity index is 1310. The highest BCUT2D eigenvalue weighted by atomic mass is 14.9. The van der Waals surface area contributed by atoms with Crippen molar-refractivity contribution >= 4 is 36.5 Å². The van der Waals surface area contributed by atoms with Crippen LogP contribution in [0.4, 0.5) is 0 Å².